The number of piperazine rings is 1. The van der Waals surface area contributed by atoms with E-state index >= 15 is 0 Å². The summed E-state index contributed by atoms with van der Waals surface area (Å²) in [5.41, 5.74) is 0. The van der Waals surface area contributed by atoms with Crippen molar-refractivity contribution in [2.75, 3.05) is 30.3 Å². The zero-order chi connectivity index (χ0) is 20.1. The Morgan fingerprint density at radius 2 is 2.04 bits per heavy atom. The molecule has 9 heteroatoms. The van der Waals surface area contributed by atoms with Crippen molar-refractivity contribution < 1.29 is 9.59 Å². The first-order chi connectivity index (χ1) is 12.7. The Morgan fingerprint density at radius 1 is 1.33 bits per heavy atom. The van der Waals surface area contributed by atoms with Gasteiger partial charge in [-0.25, -0.2) is 9.97 Å². The molecule has 0 radical (unpaired) electrons. The first kappa shape index (κ1) is 21.8. The second kappa shape index (κ2) is 9.59. The van der Waals surface area contributed by atoms with Gasteiger partial charge in [0.1, 0.15) is 11.0 Å². The van der Waals surface area contributed by atoms with Crippen LogP contribution in [0.5, 0.6) is 0 Å². The van der Waals surface area contributed by atoms with E-state index in [9.17, 15) is 9.59 Å². The van der Waals surface area contributed by atoms with Crippen LogP contribution in [0.15, 0.2) is 11.2 Å². The topological polar surface area (TPSA) is 78.4 Å². The fourth-order valence-corrected chi connectivity index (χ4v) is 3.73. The number of carbonyl (C=O) groups is 2. The van der Waals surface area contributed by atoms with Crippen molar-refractivity contribution in [3.8, 4) is 0 Å². The molecular weight excluding hydrogens is 386 g/mol. The first-order valence-corrected chi connectivity index (χ1v) is 10.5. The van der Waals surface area contributed by atoms with E-state index in [2.05, 4.69) is 34.0 Å². The maximum absolute atomic E-state index is 12.1. The molecule has 7 nitrogen and oxygen atoms in total. The lowest BCUT2D eigenvalue weighted by atomic mass is 10.1. The average molecular weight is 414 g/mol. The van der Waals surface area contributed by atoms with Crippen LogP contribution < -0.4 is 10.2 Å². The lowest BCUT2D eigenvalue weighted by molar-refractivity contribution is -0.131. The third-order valence-corrected chi connectivity index (χ3v) is 5.78. The zero-order valence-corrected chi connectivity index (χ0v) is 18.1. The number of anilines is 1. The summed E-state index contributed by atoms with van der Waals surface area (Å²) in [4.78, 5) is 36.5. The molecule has 2 rings (SSSR count). The van der Waals surface area contributed by atoms with Gasteiger partial charge in [-0.2, -0.15) is 0 Å². The van der Waals surface area contributed by atoms with Gasteiger partial charge in [0.25, 0.3) is 0 Å². The number of hydrogen-bond acceptors (Lipinski definition) is 6. The Labute approximate surface area is 170 Å². The van der Waals surface area contributed by atoms with Crippen LogP contribution >= 0.6 is 23.4 Å². The number of carbonyl (C=O) groups excluding carboxylic acids is 2. The van der Waals surface area contributed by atoms with E-state index in [0.29, 0.717) is 35.9 Å². The number of rotatable bonds is 6. The van der Waals surface area contributed by atoms with Gasteiger partial charge in [0.15, 0.2) is 5.16 Å². The van der Waals surface area contributed by atoms with Gasteiger partial charge in [-0.15, -0.1) is 0 Å². The molecule has 2 amide bonds. The van der Waals surface area contributed by atoms with Crippen LogP contribution in [-0.2, 0) is 9.59 Å². The monoisotopic (exact) mass is 413 g/mol. The number of nitrogens with zero attached hydrogens (tertiary/aromatic N) is 4. The molecule has 0 aliphatic carbocycles. The van der Waals surface area contributed by atoms with Crippen molar-refractivity contribution in [3.05, 3.63) is 11.2 Å². The molecule has 0 bridgehead atoms. The summed E-state index contributed by atoms with van der Waals surface area (Å²) in [6.07, 6.45) is 0. The smallest absolute Gasteiger partial charge is 0.230 e. The first-order valence-electron chi connectivity index (χ1n) is 9.16. The molecule has 1 aliphatic heterocycles. The Kier molecular flexibility index (Phi) is 7.73. The van der Waals surface area contributed by atoms with Gasteiger partial charge in [0.05, 0.1) is 5.75 Å². The molecule has 27 heavy (non-hydrogen) atoms. The van der Waals surface area contributed by atoms with Crippen LogP contribution in [-0.4, -0.2) is 64.2 Å². The fourth-order valence-electron chi connectivity index (χ4n) is 2.84. The van der Waals surface area contributed by atoms with Gasteiger partial charge in [-0.1, -0.05) is 37.2 Å². The Balaban J connectivity index is 2.00. The van der Waals surface area contributed by atoms with E-state index in [1.807, 2.05) is 18.7 Å². The summed E-state index contributed by atoms with van der Waals surface area (Å²) in [6.45, 7) is 11.8. The number of aromatic nitrogens is 2. The second-order valence-corrected chi connectivity index (χ2v) is 8.56. The number of amides is 2. The average Bonchev–Trinajstić information content (AvgIpc) is 2.59. The molecule has 1 saturated heterocycles. The number of halogens is 1. The van der Waals surface area contributed by atoms with Gasteiger partial charge in [0, 0.05) is 44.7 Å². The molecule has 2 unspecified atom stereocenters. The minimum absolute atomic E-state index is 0.0463. The van der Waals surface area contributed by atoms with Crippen molar-refractivity contribution in [1.29, 1.82) is 0 Å². The molecule has 150 valence electrons. The molecule has 0 saturated carbocycles. The minimum Gasteiger partial charge on any atom is -0.353 e. The summed E-state index contributed by atoms with van der Waals surface area (Å²) < 4.78 is 0. The minimum atomic E-state index is -0.0463. The number of nitrogens with one attached hydrogen (secondary N) is 1. The highest BCUT2D eigenvalue weighted by Crippen LogP contribution is 2.24. The van der Waals surface area contributed by atoms with Gasteiger partial charge in [0.2, 0.25) is 11.8 Å². The normalized spacial score (nSPS) is 18.6. The molecule has 1 aromatic rings. The van der Waals surface area contributed by atoms with Crippen LogP contribution in [0.3, 0.4) is 0 Å². The van der Waals surface area contributed by atoms with Crippen molar-refractivity contribution >= 4 is 41.0 Å². The predicted molar refractivity (Wildman–Crippen MR) is 109 cm³/mol. The molecule has 1 aliphatic rings. The summed E-state index contributed by atoms with van der Waals surface area (Å²) in [7, 11) is 0. The van der Waals surface area contributed by atoms with Gasteiger partial charge in [-0.05, 0) is 19.8 Å². The summed E-state index contributed by atoms with van der Waals surface area (Å²) in [6, 6.07) is 1.94. The highest BCUT2D eigenvalue weighted by Gasteiger charge is 2.26. The molecule has 0 aromatic carbocycles. The Hall–Kier alpha value is -1.54. The van der Waals surface area contributed by atoms with Crippen molar-refractivity contribution in [2.24, 2.45) is 5.92 Å². The second-order valence-electron chi connectivity index (χ2n) is 7.23. The van der Waals surface area contributed by atoms with Crippen molar-refractivity contribution in [3.63, 3.8) is 0 Å². The standard InChI is InChI=1S/C18H28ClN5O2S/c1-11(2)13(4)20-17(26)10-27-18-21-15(19)8-16(22-18)23-6-7-24(14(5)25)12(3)9-23/h8,11-13H,6-7,9-10H2,1-5H3,(H,20,26). The summed E-state index contributed by atoms with van der Waals surface area (Å²) >= 11 is 7.44. The van der Waals surface area contributed by atoms with Gasteiger partial charge < -0.3 is 15.1 Å². The highest BCUT2D eigenvalue weighted by atomic mass is 35.5. The van der Waals surface area contributed by atoms with Gasteiger partial charge in [-0.3, -0.25) is 9.59 Å². The molecule has 2 heterocycles. The molecule has 1 aromatic heterocycles. The van der Waals surface area contributed by atoms with Crippen LogP contribution in [0, 0.1) is 5.92 Å². The van der Waals surface area contributed by atoms with E-state index in [0.717, 1.165) is 5.82 Å². The molecule has 2 atom stereocenters. The third-order valence-electron chi connectivity index (χ3n) is 4.74. The third kappa shape index (κ3) is 6.24. The predicted octanol–water partition coefficient (Wildman–Crippen LogP) is 2.44. The van der Waals surface area contributed by atoms with E-state index in [4.69, 9.17) is 11.6 Å². The van der Waals surface area contributed by atoms with Crippen LogP contribution in [0.1, 0.15) is 34.6 Å². The Bertz CT molecular complexity index is 688. The van der Waals surface area contributed by atoms with Crippen molar-refractivity contribution in [1.82, 2.24) is 20.2 Å². The molecular formula is C18H28ClN5O2S. The molecule has 1 fully saturated rings. The SMILES string of the molecule is CC(=O)N1CCN(c2cc(Cl)nc(SCC(=O)NC(C)C(C)C)n2)CC1C. The molecule has 0 spiro atoms. The van der Waals surface area contributed by atoms with Crippen LogP contribution in [0.4, 0.5) is 5.82 Å². The van der Waals surface area contributed by atoms with E-state index < -0.39 is 0 Å². The van der Waals surface area contributed by atoms with Crippen LogP contribution in [0.2, 0.25) is 5.15 Å². The fraction of sp³-hybridized carbons (Fsp3) is 0.667. The van der Waals surface area contributed by atoms with E-state index in [1.54, 1.807) is 13.0 Å². The largest absolute Gasteiger partial charge is 0.353 e. The zero-order valence-electron chi connectivity index (χ0n) is 16.5. The van der Waals surface area contributed by atoms with E-state index in [1.165, 1.54) is 11.8 Å². The summed E-state index contributed by atoms with van der Waals surface area (Å²) in [5.74, 6) is 1.38. The lowest BCUT2D eigenvalue weighted by Gasteiger charge is -2.40. The van der Waals surface area contributed by atoms with Crippen molar-refractivity contribution in [2.45, 2.75) is 51.9 Å². The summed E-state index contributed by atoms with van der Waals surface area (Å²) in [5, 5.41) is 3.79. The Morgan fingerprint density at radius 3 is 2.63 bits per heavy atom. The van der Waals surface area contributed by atoms with Crippen LogP contribution in [0.25, 0.3) is 0 Å². The van der Waals surface area contributed by atoms with E-state index in [-0.39, 0.29) is 29.7 Å². The number of hydrogen-bond donors (Lipinski definition) is 1. The quantitative estimate of drug-likeness (QED) is 0.438. The maximum Gasteiger partial charge on any atom is 0.230 e. The maximum atomic E-state index is 12.1. The lowest BCUT2D eigenvalue weighted by Crippen LogP contribution is -2.53. The van der Waals surface area contributed by atoms with Gasteiger partial charge >= 0.3 is 0 Å². The highest BCUT2D eigenvalue weighted by molar-refractivity contribution is 7.99. The molecule has 1 N–H and O–H groups in total. The number of thioether (sulfide) groups is 1.